The van der Waals surface area contributed by atoms with Gasteiger partial charge in [-0.3, -0.25) is 4.79 Å². The summed E-state index contributed by atoms with van der Waals surface area (Å²) in [6.07, 6.45) is 0. The molecule has 0 aliphatic carbocycles. The molecule has 0 aliphatic heterocycles. The van der Waals surface area contributed by atoms with Crippen molar-refractivity contribution in [3.05, 3.63) is 47.3 Å². The Bertz CT molecular complexity index is 819. The van der Waals surface area contributed by atoms with Gasteiger partial charge in [0.2, 0.25) is 5.91 Å². The van der Waals surface area contributed by atoms with Crippen molar-refractivity contribution >= 4 is 45.0 Å². The van der Waals surface area contributed by atoms with Crippen LogP contribution in [0.2, 0.25) is 0 Å². The Hall–Kier alpha value is -2.12. The summed E-state index contributed by atoms with van der Waals surface area (Å²) in [5.41, 5.74) is 6.98. The van der Waals surface area contributed by atoms with Gasteiger partial charge in [-0.1, -0.05) is 42.1 Å². The molecule has 0 saturated carbocycles. The molecule has 0 spiro atoms. The second kappa shape index (κ2) is 6.97. The molecule has 2 aromatic heterocycles. The number of carbonyl (C=O) groups is 1. The zero-order valence-corrected chi connectivity index (χ0v) is 14.2. The van der Waals surface area contributed by atoms with Crippen molar-refractivity contribution in [3.8, 4) is 0 Å². The van der Waals surface area contributed by atoms with Gasteiger partial charge >= 0.3 is 0 Å². The van der Waals surface area contributed by atoms with Crippen LogP contribution in [0.4, 0.5) is 5.82 Å². The van der Waals surface area contributed by atoms with E-state index in [2.05, 4.69) is 15.3 Å². The van der Waals surface area contributed by atoms with Crippen molar-refractivity contribution in [2.24, 2.45) is 0 Å². The van der Waals surface area contributed by atoms with E-state index in [4.69, 9.17) is 5.73 Å². The Balaban J connectivity index is 1.59. The van der Waals surface area contributed by atoms with Gasteiger partial charge in [0.25, 0.3) is 0 Å². The lowest BCUT2D eigenvalue weighted by atomic mass is 10.1. The number of thioether (sulfide) groups is 1. The number of nitrogens with one attached hydrogen (secondary N) is 1. The fraction of sp³-hybridized carbons (Fsp3) is 0.188. The Morgan fingerprint density at radius 1 is 1.30 bits per heavy atom. The van der Waals surface area contributed by atoms with Gasteiger partial charge in [0.15, 0.2) is 5.16 Å². The molecule has 3 N–H and O–H groups in total. The van der Waals surface area contributed by atoms with Crippen LogP contribution in [-0.2, 0) is 4.79 Å². The minimum Gasteiger partial charge on any atom is -0.383 e. The number of fused-ring (bicyclic) bond motifs is 1. The molecule has 7 heteroatoms. The second-order valence-electron chi connectivity index (χ2n) is 5.02. The smallest absolute Gasteiger partial charge is 0.230 e. The van der Waals surface area contributed by atoms with Crippen molar-refractivity contribution in [3.63, 3.8) is 0 Å². The average Bonchev–Trinajstić information content (AvgIpc) is 3.03. The predicted octanol–water partition coefficient (Wildman–Crippen LogP) is 3.24. The number of nitrogen functional groups attached to an aromatic ring is 1. The molecule has 23 heavy (non-hydrogen) atoms. The average molecular weight is 344 g/mol. The van der Waals surface area contributed by atoms with Gasteiger partial charge in [-0.25, -0.2) is 9.97 Å². The first-order valence-corrected chi connectivity index (χ1v) is 8.98. The number of amides is 1. The third kappa shape index (κ3) is 3.80. The van der Waals surface area contributed by atoms with Crippen LogP contribution in [0.25, 0.3) is 10.2 Å². The molecule has 1 atom stereocenters. The van der Waals surface area contributed by atoms with Gasteiger partial charge in [0.1, 0.15) is 10.6 Å². The summed E-state index contributed by atoms with van der Waals surface area (Å²) >= 11 is 2.80. The summed E-state index contributed by atoms with van der Waals surface area (Å²) in [5, 5.41) is 6.29. The number of thiophene rings is 1. The number of nitrogens with two attached hydrogens (primary N) is 1. The lowest BCUT2D eigenvalue weighted by Crippen LogP contribution is -2.28. The molecule has 0 unspecified atom stereocenters. The maximum atomic E-state index is 12.1. The van der Waals surface area contributed by atoms with Gasteiger partial charge in [-0.05, 0) is 23.9 Å². The molecule has 3 aromatic rings. The highest BCUT2D eigenvalue weighted by Crippen LogP contribution is 2.26. The molecule has 0 saturated heterocycles. The third-order valence-corrected chi connectivity index (χ3v) is 5.00. The summed E-state index contributed by atoms with van der Waals surface area (Å²) in [6, 6.07) is 11.7. The highest BCUT2D eigenvalue weighted by atomic mass is 32.2. The van der Waals surface area contributed by atoms with E-state index in [1.165, 1.54) is 23.1 Å². The number of aromatic nitrogens is 2. The maximum Gasteiger partial charge on any atom is 0.230 e. The zero-order valence-electron chi connectivity index (χ0n) is 12.5. The van der Waals surface area contributed by atoms with E-state index in [9.17, 15) is 4.79 Å². The maximum absolute atomic E-state index is 12.1. The highest BCUT2D eigenvalue weighted by Gasteiger charge is 2.12. The number of hydrogen-bond acceptors (Lipinski definition) is 6. The third-order valence-electron chi connectivity index (χ3n) is 3.34. The van der Waals surface area contributed by atoms with E-state index in [0.29, 0.717) is 11.0 Å². The largest absolute Gasteiger partial charge is 0.383 e. The number of rotatable bonds is 5. The highest BCUT2D eigenvalue weighted by molar-refractivity contribution is 7.99. The van der Waals surface area contributed by atoms with Gasteiger partial charge in [-0.2, -0.15) is 0 Å². The zero-order chi connectivity index (χ0) is 16.2. The van der Waals surface area contributed by atoms with E-state index in [1.54, 1.807) is 0 Å². The number of anilines is 1. The monoisotopic (exact) mass is 344 g/mol. The predicted molar refractivity (Wildman–Crippen MR) is 95.6 cm³/mol. The number of carbonyl (C=O) groups excluding carboxylic acids is 1. The van der Waals surface area contributed by atoms with E-state index < -0.39 is 0 Å². The van der Waals surface area contributed by atoms with Crippen molar-refractivity contribution in [2.75, 3.05) is 11.5 Å². The SMILES string of the molecule is C[C@@H](NC(=O)CSc1nc(N)c2ccsc2n1)c1ccccc1. The van der Waals surface area contributed by atoms with Crippen LogP contribution in [0.5, 0.6) is 0 Å². The summed E-state index contributed by atoms with van der Waals surface area (Å²) in [6.45, 7) is 1.96. The van der Waals surface area contributed by atoms with Crippen LogP contribution in [0.15, 0.2) is 46.9 Å². The van der Waals surface area contributed by atoms with E-state index >= 15 is 0 Å². The molecule has 0 bridgehead atoms. The van der Waals surface area contributed by atoms with Gasteiger partial charge in [0, 0.05) is 0 Å². The lowest BCUT2D eigenvalue weighted by molar-refractivity contribution is -0.119. The first-order valence-electron chi connectivity index (χ1n) is 7.11. The molecular formula is C16H16N4OS2. The Kier molecular flexibility index (Phi) is 4.78. The summed E-state index contributed by atoms with van der Waals surface area (Å²) in [5.74, 6) is 0.657. The molecule has 5 nitrogen and oxygen atoms in total. The molecule has 1 aromatic carbocycles. The minimum atomic E-state index is -0.0557. The topological polar surface area (TPSA) is 80.9 Å². The number of hydrogen-bond donors (Lipinski definition) is 2. The van der Waals surface area contributed by atoms with Crippen molar-refractivity contribution in [1.82, 2.24) is 15.3 Å². The Morgan fingerprint density at radius 3 is 2.87 bits per heavy atom. The van der Waals surface area contributed by atoms with Crippen LogP contribution in [0.1, 0.15) is 18.5 Å². The molecule has 0 aliphatic rings. The molecule has 1 amide bonds. The van der Waals surface area contributed by atoms with Gasteiger partial charge in [0.05, 0.1) is 17.2 Å². The molecule has 3 rings (SSSR count). The molecule has 2 heterocycles. The number of nitrogens with zero attached hydrogens (tertiary/aromatic N) is 2. The number of benzene rings is 1. The Labute approximate surface area is 142 Å². The molecule has 118 valence electrons. The Morgan fingerprint density at radius 2 is 2.09 bits per heavy atom. The summed E-state index contributed by atoms with van der Waals surface area (Å²) in [7, 11) is 0. The van der Waals surface area contributed by atoms with Crippen molar-refractivity contribution in [1.29, 1.82) is 0 Å². The van der Waals surface area contributed by atoms with Gasteiger partial charge < -0.3 is 11.1 Å². The van der Waals surface area contributed by atoms with E-state index in [-0.39, 0.29) is 17.7 Å². The first kappa shape index (κ1) is 15.8. The van der Waals surface area contributed by atoms with E-state index in [0.717, 1.165) is 15.8 Å². The molecule has 0 radical (unpaired) electrons. The lowest BCUT2D eigenvalue weighted by Gasteiger charge is -2.13. The summed E-state index contributed by atoms with van der Waals surface area (Å²) < 4.78 is 0. The van der Waals surface area contributed by atoms with Crippen LogP contribution in [0, 0.1) is 0 Å². The standard InChI is InChI=1S/C16H16N4OS2/c1-10(11-5-3-2-4-6-11)18-13(21)9-23-16-19-14(17)12-7-8-22-15(12)20-16/h2-8,10H,9H2,1H3,(H,18,21)(H2,17,19,20)/t10-/m1/s1. The minimum absolute atomic E-state index is 0.0323. The van der Waals surface area contributed by atoms with Crippen LogP contribution in [0.3, 0.4) is 0 Å². The van der Waals surface area contributed by atoms with Crippen molar-refractivity contribution in [2.45, 2.75) is 18.1 Å². The van der Waals surface area contributed by atoms with Gasteiger partial charge in [-0.15, -0.1) is 11.3 Å². The molecule has 0 fully saturated rings. The van der Waals surface area contributed by atoms with E-state index in [1.807, 2.05) is 48.7 Å². The summed E-state index contributed by atoms with van der Waals surface area (Å²) in [4.78, 5) is 21.6. The van der Waals surface area contributed by atoms with Crippen molar-refractivity contribution < 1.29 is 4.79 Å². The fourth-order valence-electron chi connectivity index (χ4n) is 2.16. The van der Waals surface area contributed by atoms with Crippen LogP contribution < -0.4 is 11.1 Å². The normalized spacial score (nSPS) is 12.2. The quantitative estimate of drug-likeness (QED) is 0.548. The van der Waals surface area contributed by atoms with Crippen LogP contribution >= 0.6 is 23.1 Å². The second-order valence-corrected chi connectivity index (χ2v) is 6.86. The fourth-order valence-corrected chi connectivity index (χ4v) is 3.65. The van der Waals surface area contributed by atoms with Crippen LogP contribution in [-0.4, -0.2) is 21.6 Å². The molecular weight excluding hydrogens is 328 g/mol. The first-order chi connectivity index (χ1) is 11.1.